The van der Waals surface area contributed by atoms with E-state index >= 15 is 0 Å². The quantitative estimate of drug-likeness (QED) is 0.409. The third-order valence-corrected chi connectivity index (χ3v) is 14.0. The van der Waals surface area contributed by atoms with Crippen LogP contribution in [0.5, 0.6) is 0 Å². The predicted molar refractivity (Wildman–Crippen MR) is 130 cm³/mol. The van der Waals surface area contributed by atoms with Crippen LogP contribution < -0.4 is 0 Å². The molecule has 1 saturated heterocycles. The summed E-state index contributed by atoms with van der Waals surface area (Å²) in [5, 5.41) is 10.8. The van der Waals surface area contributed by atoms with Crippen molar-refractivity contribution in [3.05, 3.63) is 0 Å². The highest BCUT2D eigenvalue weighted by Crippen LogP contribution is 2.81. The maximum atomic E-state index is 14.0. The Bertz CT molecular complexity index is 880. The second-order valence-corrected chi connectivity index (χ2v) is 15.5. The molecule has 5 aliphatic carbocycles. The SMILES string of the molecule is C[C@H]1[C@H](O)CC[C@@H]2[C@]1(C)CC[C@H]1[C@@]2(C)C[C@H]2OC(=O)[C@@]13CC[C@@]1(C)CCC(C)(C)C[C@H]1[C@]23C. The maximum Gasteiger partial charge on any atom is 0.313 e. The first kappa shape index (κ1) is 22.9. The molecular formula is C30H48O3. The number of rotatable bonds is 0. The number of aliphatic hydroxyl groups excluding tert-OH is 1. The summed E-state index contributed by atoms with van der Waals surface area (Å²) in [6.07, 6.45) is 11.3. The van der Waals surface area contributed by atoms with Gasteiger partial charge in [0.25, 0.3) is 0 Å². The van der Waals surface area contributed by atoms with Crippen molar-refractivity contribution in [3.63, 3.8) is 0 Å². The zero-order chi connectivity index (χ0) is 23.8. The van der Waals surface area contributed by atoms with E-state index in [9.17, 15) is 9.90 Å². The predicted octanol–water partition coefficient (Wildman–Crippen LogP) is 6.76. The van der Waals surface area contributed by atoms with E-state index in [0.29, 0.717) is 34.5 Å². The number of carbonyl (C=O) groups is 1. The Morgan fingerprint density at radius 1 is 0.788 bits per heavy atom. The van der Waals surface area contributed by atoms with Gasteiger partial charge in [0, 0.05) is 5.41 Å². The van der Waals surface area contributed by atoms with Crippen LogP contribution in [0.1, 0.15) is 113 Å². The molecule has 3 nitrogen and oxygen atoms in total. The van der Waals surface area contributed by atoms with Gasteiger partial charge in [-0.3, -0.25) is 4.79 Å². The Hall–Kier alpha value is -0.570. The zero-order valence-electron chi connectivity index (χ0n) is 22.3. The van der Waals surface area contributed by atoms with E-state index in [4.69, 9.17) is 4.74 Å². The van der Waals surface area contributed by atoms with Crippen LogP contribution in [0, 0.1) is 56.2 Å². The van der Waals surface area contributed by atoms with Gasteiger partial charge in [-0.05, 0) is 110 Å². The van der Waals surface area contributed by atoms with E-state index < -0.39 is 0 Å². The van der Waals surface area contributed by atoms with Crippen LogP contribution in [0.15, 0.2) is 0 Å². The van der Waals surface area contributed by atoms with Gasteiger partial charge in [0.15, 0.2) is 0 Å². The molecule has 0 aromatic rings. The summed E-state index contributed by atoms with van der Waals surface area (Å²) in [5.74, 6) is 2.08. The molecule has 2 bridgehead atoms. The Labute approximate surface area is 201 Å². The molecule has 0 amide bonds. The van der Waals surface area contributed by atoms with Crippen LogP contribution in [-0.4, -0.2) is 23.3 Å². The molecule has 0 spiro atoms. The normalized spacial score (nSPS) is 61.3. The molecule has 1 aliphatic heterocycles. The van der Waals surface area contributed by atoms with Crippen molar-refractivity contribution in [1.82, 2.24) is 0 Å². The fourth-order valence-electron chi connectivity index (χ4n) is 11.8. The Balaban J connectivity index is 1.48. The standard InChI is InChI=1S/C30H48O3/c1-18-19(31)8-9-20-27(18,5)11-10-21-28(20,6)17-23-29(7)22-16-25(2,3)12-13-26(22,4)14-15-30(21,29)24(32)33-23/h18-23,31H,8-17H2,1-7H3/t18-,19+,20+,21-,22+,23+,26+,27+,28-,29+,30+/m0/s1. The third-order valence-electron chi connectivity index (χ3n) is 14.0. The molecule has 6 fully saturated rings. The molecule has 6 aliphatic rings. The van der Waals surface area contributed by atoms with Crippen molar-refractivity contribution in [2.75, 3.05) is 0 Å². The summed E-state index contributed by atoms with van der Waals surface area (Å²) in [5.41, 5.74) is 0.673. The largest absolute Gasteiger partial charge is 0.461 e. The molecule has 5 saturated carbocycles. The minimum atomic E-state index is -0.303. The Kier molecular flexibility index (Phi) is 4.44. The minimum Gasteiger partial charge on any atom is -0.461 e. The van der Waals surface area contributed by atoms with Crippen LogP contribution in [0.25, 0.3) is 0 Å². The Morgan fingerprint density at radius 3 is 2.21 bits per heavy atom. The van der Waals surface area contributed by atoms with E-state index in [0.717, 1.165) is 38.5 Å². The number of esters is 1. The first-order valence-corrected chi connectivity index (χ1v) is 14.1. The van der Waals surface area contributed by atoms with E-state index in [1.807, 2.05) is 0 Å². The highest BCUT2D eigenvalue weighted by Gasteiger charge is 2.81. The van der Waals surface area contributed by atoms with Gasteiger partial charge in [0.2, 0.25) is 0 Å². The third kappa shape index (κ3) is 2.45. The lowest BCUT2D eigenvalue weighted by Gasteiger charge is -2.72. The molecule has 0 aromatic carbocycles. The number of hydrogen-bond donors (Lipinski definition) is 1. The first-order chi connectivity index (χ1) is 15.2. The highest BCUT2D eigenvalue weighted by molar-refractivity contribution is 5.82. The van der Waals surface area contributed by atoms with Crippen LogP contribution in [-0.2, 0) is 9.53 Å². The van der Waals surface area contributed by atoms with Crippen molar-refractivity contribution in [2.45, 2.75) is 125 Å². The van der Waals surface area contributed by atoms with Crippen molar-refractivity contribution in [2.24, 2.45) is 56.2 Å². The van der Waals surface area contributed by atoms with E-state index in [2.05, 4.69) is 48.5 Å². The van der Waals surface area contributed by atoms with Gasteiger partial charge < -0.3 is 9.84 Å². The van der Waals surface area contributed by atoms with Gasteiger partial charge in [-0.15, -0.1) is 0 Å². The molecular weight excluding hydrogens is 408 g/mol. The van der Waals surface area contributed by atoms with Gasteiger partial charge in [0.05, 0.1) is 11.5 Å². The summed E-state index contributed by atoms with van der Waals surface area (Å²) < 4.78 is 6.52. The summed E-state index contributed by atoms with van der Waals surface area (Å²) in [6, 6.07) is 0. The number of carbonyl (C=O) groups excluding carboxylic acids is 1. The Morgan fingerprint density at radius 2 is 1.48 bits per heavy atom. The molecule has 33 heavy (non-hydrogen) atoms. The van der Waals surface area contributed by atoms with Gasteiger partial charge in [0.1, 0.15) is 6.10 Å². The fourth-order valence-corrected chi connectivity index (χ4v) is 11.8. The lowest BCUT2D eigenvalue weighted by atomic mass is 9.30. The van der Waals surface area contributed by atoms with E-state index in [1.165, 1.54) is 25.7 Å². The molecule has 0 unspecified atom stereocenters. The second-order valence-electron chi connectivity index (χ2n) is 15.5. The lowest BCUT2D eigenvalue weighted by molar-refractivity contribution is -0.256. The number of ether oxygens (including phenoxy) is 1. The van der Waals surface area contributed by atoms with Gasteiger partial charge in [-0.1, -0.05) is 48.5 Å². The minimum absolute atomic E-state index is 0.0352. The van der Waals surface area contributed by atoms with E-state index in [-0.39, 0.29) is 39.8 Å². The van der Waals surface area contributed by atoms with Crippen LogP contribution in [0.2, 0.25) is 0 Å². The van der Waals surface area contributed by atoms with Gasteiger partial charge in [-0.25, -0.2) is 0 Å². The summed E-state index contributed by atoms with van der Waals surface area (Å²) in [7, 11) is 0. The number of fused-ring (bicyclic) bond motifs is 4. The number of aliphatic hydroxyl groups is 1. The molecule has 1 N–H and O–H groups in total. The molecule has 186 valence electrons. The van der Waals surface area contributed by atoms with Crippen molar-refractivity contribution in [3.8, 4) is 0 Å². The highest BCUT2D eigenvalue weighted by atomic mass is 16.6. The monoisotopic (exact) mass is 456 g/mol. The average molecular weight is 457 g/mol. The fraction of sp³-hybridized carbons (Fsp3) is 0.967. The van der Waals surface area contributed by atoms with Crippen molar-refractivity contribution < 1.29 is 14.6 Å². The summed E-state index contributed by atoms with van der Waals surface area (Å²) >= 11 is 0. The molecule has 0 aromatic heterocycles. The summed E-state index contributed by atoms with van der Waals surface area (Å²) in [4.78, 5) is 14.0. The van der Waals surface area contributed by atoms with Crippen molar-refractivity contribution in [1.29, 1.82) is 0 Å². The first-order valence-electron chi connectivity index (χ1n) is 14.1. The smallest absolute Gasteiger partial charge is 0.313 e. The lowest BCUT2D eigenvalue weighted by Crippen LogP contribution is -2.70. The van der Waals surface area contributed by atoms with Gasteiger partial charge in [-0.2, -0.15) is 0 Å². The van der Waals surface area contributed by atoms with Crippen LogP contribution in [0.4, 0.5) is 0 Å². The van der Waals surface area contributed by atoms with Crippen molar-refractivity contribution >= 4 is 5.97 Å². The second kappa shape index (κ2) is 6.40. The number of hydrogen-bond acceptors (Lipinski definition) is 3. The summed E-state index contributed by atoms with van der Waals surface area (Å²) in [6.45, 7) is 17.3. The van der Waals surface area contributed by atoms with Crippen LogP contribution in [0.3, 0.4) is 0 Å². The van der Waals surface area contributed by atoms with E-state index in [1.54, 1.807) is 0 Å². The maximum absolute atomic E-state index is 14.0. The molecule has 0 radical (unpaired) electrons. The average Bonchev–Trinajstić information content (AvgIpc) is 2.87. The van der Waals surface area contributed by atoms with Gasteiger partial charge >= 0.3 is 5.97 Å². The molecule has 6 rings (SSSR count). The molecule has 3 heteroatoms. The molecule has 1 heterocycles. The van der Waals surface area contributed by atoms with Crippen LogP contribution >= 0.6 is 0 Å². The molecule has 11 atom stereocenters. The zero-order valence-corrected chi connectivity index (χ0v) is 22.3. The topological polar surface area (TPSA) is 46.5 Å².